The molecule has 1 unspecified atom stereocenters. The zero-order chi connectivity index (χ0) is 19.0. The second-order valence-corrected chi connectivity index (χ2v) is 6.93. The molecule has 0 amide bonds. The molecule has 0 spiro atoms. The molecule has 7 heteroatoms. The highest BCUT2D eigenvalue weighted by Gasteiger charge is 2.22. The van der Waals surface area contributed by atoms with E-state index in [-0.39, 0.29) is 17.8 Å². The van der Waals surface area contributed by atoms with Crippen LogP contribution < -0.4 is 31.9 Å². The number of methoxy groups -OCH3 is 1. The van der Waals surface area contributed by atoms with E-state index in [0.29, 0.717) is 24.7 Å². The number of hydrogen-bond donors (Lipinski definition) is 2. The summed E-state index contributed by atoms with van der Waals surface area (Å²) in [5.41, 5.74) is 8.45. The first kappa shape index (κ1) is 17.8. The van der Waals surface area contributed by atoms with Gasteiger partial charge in [0.1, 0.15) is 0 Å². The van der Waals surface area contributed by atoms with Crippen LogP contribution >= 0.6 is 0 Å². The highest BCUT2D eigenvalue weighted by Crippen LogP contribution is 2.20. The number of nitrogens with two attached hydrogens (primary N) is 1. The van der Waals surface area contributed by atoms with Crippen LogP contribution in [0.3, 0.4) is 0 Å². The molecule has 7 nitrogen and oxygen atoms in total. The summed E-state index contributed by atoms with van der Waals surface area (Å²) in [4.78, 5) is 17.7. The maximum atomic E-state index is 13.5. The Morgan fingerprint density at radius 3 is 2.78 bits per heavy atom. The molecule has 0 radical (unpaired) electrons. The minimum Gasteiger partial charge on any atom is -0.481 e. The number of nitrogens with one attached hydrogen (secondary N) is 1. The lowest BCUT2D eigenvalue weighted by Crippen LogP contribution is -2.54. The van der Waals surface area contributed by atoms with Crippen molar-refractivity contribution in [3.63, 3.8) is 0 Å². The van der Waals surface area contributed by atoms with Crippen LogP contribution in [-0.2, 0) is 4.74 Å². The van der Waals surface area contributed by atoms with Crippen molar-refractivity contribution in [2.45, 2.75) is 32.0 Å². The van der Waals surface area contributed by atoms with Gasteiger partial charge in [0.15, 0.2) is 0 Å². The van der Waals surface area contributed by atoms with E-state index in [1.165, 1.54) is 0 Å². The van der Waals surface area contributed by atoms with Crippen LogP contribution in [0.15, 0.2) is 29.2 Å². The maximum absolute atomic E-state index is 13.5. The molecule has 4 rings (SSSR count). The average molecular weight is 368 g/mol. The fourth-order valence-corrected chi connectivity index (χ4v) is 3.83. The number of aromatic nitrogens is 2. The predicted molar refractivity (Wildman–Crippen MR) is 103 cm³/mol. The molecule has 2 aliphatic rings. The van der Waals surface area contributed by atoms with E-state index in [1.807, 2.05) is 29.7 Å². The third kappa shape index (κ3) is 3.24. The van der Waals surface area contributed by atoms with Crippen molar-refractivity contribution in [1.82, 2.24) is 14.9 Å². The molecule has 0 saturated carbocycles. The van der Waals surface area contributed by atoms with E-state index in [1.54, 1.807) is 19.4 Å². The van der Waals surface area contributed by atoms with Crippen LogP contribution in [0.5, 0.6) is 5.88 Å². The summed E-state index contributed by atoms with van der Waals surface area (Å²) < 4.78 is 12.5. The largest absolute Gasteiger partial charge is 0.481 e. The Labute approximate surface area is 157 Å². The van der Waals surface area contributed by atoms with E-state index in [9.17, 15) is 4.79 Å². The SMILES string of the molecule is COc1ccc(-c2cc3c(n(C4CCOCC4)c2=O)=CC(N)NC=3C)cn1. The second kappa shape index (κ2) is 7.17. The van der Waals surface area contributed by atoms with Crippen molar-refractivity contribution in [2.24, 2.45) is 5.73 Å². The van der Waals surface area contributed by atoms with Gasteiger partial charge in [0.2, 0.25) is 5.88 Å². The number of ether oxygens (including phenoxy) is 2. The molecule has 1 atom stereocenters. The molecule has 27 heavy (non-hydrogen) atoms. The fraction of sp³-hybridized carbons (Fsp3) is 0.400. The smallest absolute Gasteiger partial charge is 0.259 e. The van der Waals surface area contributed by atoms with Gasteiger partial charge in [0, 0.05) is 53.6 Å². The molecule has 1 fully saturated rings. The van der Waals surface area contributed by atoms with Crippen molar-refractivity contribution in [3.05, 3.63) is 45.3 Å². The van der Waals surface area contributed by atoms with Crippen molar-refractivity contribution in [2.75, 3.05) is 20.3 Å². The summed E-state index contributed by atoms with van der Waals surface area (Å²) in [6.45, 7) is 3.31. The molecule has 2 aliphatic heterocycles. The van der Waals surface area contributed by atoms with Gasteiger partial charge in [0.05, 0.1) is 18.6 Å². The predicted octanol–water partition coefficient (Wildman–Crippen LogP) is 0.0670. The van der Waals surface area contributed by atoms with Crippen molar-refractivity contribution < 1.29 is 9.47 Å². The van der Waals surface area contributed by atoms with Crippen molar-refractivity contribution in [3.8, 4) is 17.0 Å². The van der Waals surface area contributed by atoms with E-state index in [4.69, 9.17) is 15.2 Å². The summed E-state index contributed by atoms with van der Waals surface area (Å²) in [5.74, 6) is 0.519. The molecule has 2 aromatic rings. The van der Waals surface area contributed by atoms with Gasteiger partial charge < -0.3 is 25.1 Å². The topological polar surface area (TPSA) is 91.4 Å². The quantitative estimate of drug-likeness (QED) is 0.797. The number of rotatable bonds is 3. The molecular formula is C20H24N4O3. The lowest BCUT2D eigenvalue weighted by molar-refractivity contribution is 0.0678. The molecule has 142 valence electrons. The van der Waals surface area contributed by atoms with Gasteiger partial charge in [-0.15, -0.1) is 0 Å². The average Bonchev–Trinajstić information content (AvgIpc) is 2.68. The van der Waals surface area contributed by atoms with E-state index in [0.717, 1.165) is 34.7 Å². The van der Waals surface area contributed by atoms with E-state index in [2.05, 4.69) is 10.3 Å². The Kier molecular flexibility index (Phi) is 4.72. The molecule has 1 saturated heterocycles. The van der Waals surface area contributed by atoms with Gasteiger partial charge in [-0.1, -0.05) is 0 Å². The van der Waals surface area contributed by atoms with Gasteiger partial charge in [0.25, 0.3) is 5.56 Å². The van der Waals surface area contributed by atoms with Crippen LogP contribution in [0.2, 0.25) is 0 Å². The van der Waals surface area contributed by atoms with Gasteiger partial charge >= 0.3 is 0 Å². The third-order valence-electron chi connectivity index (χ3n) is 5.21. The van der Waals surface area contributed by atoms with Gasteiger partial charge in [-0.05, 0) is 38.0 Å². The highest BCUT2D eigenvalue weighted by atomic mass is 16.5. The first-order valence-electron chi connectivity index (χ1n) is 9.17. The monoisotopic (exact) mass is 368 g/mol. The molecule has 3 N–H and O–H groups in total. The Morgan fingerprint density at radius 2 is 2.11 bits per heavy atom. The standard InChI is InChI=1S/C20H24N4O3/c1-12-15-9-16(13-3-4-19(26-2)22-11-13)20(25)24(14-5-7-27-8-6-14)17(15)10-18(21)23-12/h3-4,9-11,14,18,23H,5-8,21H2,1-2H3. The summed E-state index contributed by atoms with van der Waals surface area (Å²) in [6, 6.07) is 5.66. The van der Waals surface area contributed by atoms with Gasteiger partial charge in [-0.25, -0.2) is 4.98 Å². The maximum Gasteiger partial charge on any atom is 0.259 e. The van der Waals surface area contributed by atoms with E-state index >= 15 is 0 Å². The molecule has 0 aromatic carbocycles. The minimum absolute atomic E-state index is 0.0224. The molecule has 0 aliphatic carbocycles. The zero-order valence-electron chi connectivity index (χ0n) is 15.6. The summed E-state index contributed by atoms with van der Waals surface area (Å²) >= 11 is 0. The molecule has 4 heterocycles. The van der Waals surface area contributed by atoms with Crippen molar-refractivity contribution >= 4 is 11.8 Å². The Morgan fingerprint density at radius 1 is 1.33 bits per heavy atom. The van der Waals surface area contributed by atoms with Crippen LogP contribution in [0.4, 0.5) is 0 Å². The van der Waals surface area contributed by atoms with Crippen LogP contribution in [0.25, 0.3) is 22.9 Å². The van der Waals surface area contributed by atoms with Crippen LogP contribution in [-0.4, -0.2) is 36.0 Å². The van der Waals surface area contributed by atoms with Crippen LogP contribution in [0.1, 0.15) is 25.8 Å². The molecule has 0 bridgehead atoms. The summed E-state index contributed by atoms with van der Waals surface area (Å²) in [5, 5.41) is 5.13. The van der Waals surface area contributed by atoms with Crippen molar-refractivity contribution in [1.29, 1.82) is 0 Å². The highest BCUT2D eigenvalue weighted by molar-refractivity contribution is 5.64. The number of nitrogens with zero attached hydrogens (tertiary/aromatic N) is 2. The summed E-state index contributed by atoms with van der Waals surface area (Å²) in [7, 11) is 1.57. The zero-order valence-corrected chi connectivity index (χ0v) is 15.6. The Hall–Kier alpha value is -2.64. The lowest BCUT2D eigenvalue weighted by Gasteiger charge is -2.28. The van der Waals surface area contributed by atoms with Crippen LogP contribution in [0, 0.1) is 0 Å². The first-order valence-corrected chi connectivity index (χ1v) is 9.17. The summed E-state index contributed by atoms with van der Waals surface area (Å²) in [6.07, 6.45) is 4.92. The van der Waals surface area contributed by atoms with E-state index < -0.39 is 0 Å². The second-order valence-electron chi connectivity index (χ2n) is 6.93. The van der Waals surface area contributed by atoms with Gasteiger partial charge in [-0.2, -0.15) is 0 Å². The molecule has 2 aromatic heterocycles. The lowest BCUT2D eigenvalue weighted by atomic mass is 10.0. The minimum atomic E-state index is -0.309. The number of fused-ring (bicyclic) bond motifs is 1. The third-order valence-corrected chi connectivity index (χ3v) is 5.21. The normalized spacial score (nSPS) is 19.8. The number of hydrogen-bond acceptors (Lipinski definition) is 6. The van der Waals surface area contributed by atoms with Gasteiger partial charge in [-0.3, -0.25) is 4.79 Å². The molecular weight excluding hydrogens is 344 g/mol. The first-order chi connectivity index (χ1) is 13.1. The number of pyridine rings is 2. The Balaban J connectivity index is 1.99. The fourth-order valence-electron chi connectivity index (χ4n) is 3.83. The Bertz CT molecular complexity index is 1020.